The molecule has 13 N–H and O–H groups in total. The van der Waals surface area contributed by atoms with Crippen LogP contribution in [-0.2, 0) is 19.0 Å². The lowest BCUT2D eigenvalue weighted by atomic mass is 9.99. The minimum absolute atomic E-state index is 0.0258. The average molecular weight is 524 g/mol. The van der Waals surface area contributed by atoms with Crippen LogP contribution in [0.5, 0.6) is 0 Å². The summed E-state index contributed by atoms with van der Waals surface area (Å²) in [7, 11) is 0. The van der Waals surface area contributed by atoms with E-state index in [0.29, 0.717) is 0 Å². The lowest BCUT2D eigenvalue weighted by molar-refractivity contribution is -0.355. The van der Waals surface area contributed by atoms with Crippen molar-refractivity contribution in [1.82, 2.24) is 0 Å². The van der Waals surface area contributed by atoms with Crippen LogP contribution in [0.2, 0.25) is 0 Å². The zero-order valence-electron chi connectivity index (χ0n) is 18.2. The van der Waals surface area contributed by atoms with Crippen molar-refractivity contribution >= 4 is 6.29 Å². The minimum Gasteiger partial charge on any atom is -0.394 e. The smallest absolute Gasteiger partial charge is 0.187 e. The van der Waals surface area contributed by atoms with Gasteiger partial charge in [0.25, 0.3) is 0 Å². The number of aldehydes is 1. The molecule has 35 heavy (non-hydrogen) atoms. The molecule has 17 nitrogen and oxygen atoms in total. The Labute approximate surface area is 198 Å². The Morgan fingerprint density at radius 3 is 1.89 bits per heavy atom. The van der Waals surface area contributed by atoms with Gasteiger partial charge in [-0.3, -0.25) is 0 Å². The first-order valence-corrected chi connectivity index (χ1v) is 10.4. The number of hydrogen-bond acceptors (Lipinski definition) is 17. The number of hydrogen-bond donors (Lipinski definition) is 13. The van der Waals surface area contributed by atoms with Crippen molar-refractivity contribution in [3.05, 3.63) is 0 Å². The highest BCUT2D eigenvalue weighted by atomic mass is 16.9. The second kappa shape index (κ2) is 14.7. The first-order chi connectivity index (χ1) is 16.4. The number of aliphatic hydroxyl groups is 13. The molecule has 2 aliphatic rings. The van der Waals surface area contributed by atoms with Gasteiger partial charge in [0, 0.05) is 0 Å². The fraction of sp³-hybridized carbons (Fsp3) is 0.944. The van der Waals surface area contributed by atoms with Crippen molar-refractivity contribution in [2.24, 2.45) is 0 Å². The van der Waals surface area contributed by atoms with E-state index in [4.69, 9.17) is 44.8 Å². The summed E-state index contributed by atoms with van der Waals surface area (Å²) < 4.78 is 15.3. The molecule has 0 aromatic carbocycles. The van der Waals surface area contributed by atoms with Crippen molar-refractivity contribution in [1.29, 1.82) is 0 Å². The molecular weight excluding hydrogens is 490 g/mol. The maximum Gasteiger partial charge on any atom is 0.187 e. The molecule has 0 amide bonds. The summed E-state index contributed by atoms with van der Waals surface area (Å²) in [4.78, 5) is 9.90. The summed E-state index contributed by atoms with van der Waals surface area (Å²) in [5.74, 6) is 0. The van der Waals surface area contributed by atoms with Crippen LogP contribution >= 0.6 is 0 Å². The number of aliphatic hydroxyl groups excluding tert-OH is 13. The van der Waals surface area contributed by atoms with E-state index in [1.807, 2.05) is 0 Å². The fourth-order valence-corrected chi connectivity index (χ4v) is 3.19. The normalized spacial score (nSPS) is 41.2. The average Bonchev–Trinajstić information content (AvgIpc) is 2.87. The standard InChI is InChI=1S/C12H22O11.C6H12O6/c13-1-3-5(15)6(16)9(19)12(22-3)23-10-4(2-14)21-11(20)8(18)7(10)17;7-1-3(9)5(11)6(12)4(10)2-8/h3-20H,1-2H2;1,3-6,8-12H,2H2/t3-,4-,5+,6+,7-,8-,9-,10-,11?,12+;3-,4+,5+,6+/m10/s1/i11+2;. The molecule has 208 valence electrons. The van der Waals surface area contributed by atoms with Gasteiger partial charge in [-0.25, -0.2) is 0 Å². The number of ether oxygens (including phenoxy) is 3. The van der Waals surface area contributed by atoms with Crippen LogP contribution in [0.4, 0.5) is 0 Å². The van der Waals surface area contributed by atoms with E-state index in [-0.39, 0.29) is 6.29 Å². The van der Waals surface area contributed by atoms with Crippen molar-refractivity contribution in [2.75, 3.05) is 19.8 Å². The molecular formula is C18H34O17. The van der Waals surface area contributed by atoms with Crippen LogP contribution < -0.4 is 0 Å². The van der Waals surface area contributed by atoms with Crippen molar-refractivity contribution in [2.45, 2.75) is 85.8 Å². The largest absolute Gasteiger partial charge is 0.394 e. The maximum atomic E-state index is 9.94. The number of carbonyl (C=O) groups excluding carboxylic acids is 1. The molecule has 2 rings (SSSR count). The Hall–Kier alpha value is -0.970. The Morgan fingerprint density at radius 1 is 0.829 bits per heavy atom. The monoisotopic (exact) mass is 524 g/mol. The second-order valence-electron chi connectivity index (χ2n) is 7.88. The topological polar surface area (TPSA) is 308 Å². The van der Waals surface area contributed by atoms with E-state index >= 15 is 0 Å². The van der Waals surface area contributed by atoms with E-state index < -0.39 is 106 Å². The molecule has 2 fully saturated rings. The SMILES string of the molecule is O=C[C@H](O)[C@@H](O)[C@H](O)[C@H](O)CO.OC[C@H]1O[C@@H](O[C@H]2[C@H](O)[C@@H](O)[14CH](O)O[C@@H]2CO)[C@H](O)[C@@H](O)[C@H]1O. The Bertz CT molecular complexity index is 608. The molecule has 14 atom stereocenters. The number of rotatable bonds is 9. The summed E-state index contributed by atoms with van der Waals surface area (Å²) in [6, 6.07) is 0. The van der Waals surface area contributed by atoms with Crippen LogP contribution in [0.25, 0.3) is 0 Å². The number of carbonyl (C=O) groups is 1. The summed E-state index contributed by atoms with van der Waals surface area (Å²) in [6.07, 6.45) is -22.4. The molecule has 2 saturated heterocycles. The third-order valence-electron chi connectivity index (χ3n) is 5.40. The third kappa shape index (κ3) is 8.01. The summed E-state index contributed by atoms with van der Waals surface area (Å²) >= 11 is 0. The van der Waals surface area contributed by atoms with Crippen LogP contribution in [0.3, 0.4) is 0 Å². The predicted octanol–water partition coefficient (Wildman–Crippen LogP) is -8.78. The fourth-order valence-electron chi connectivity index (χ4n) is 3.19. The van der Waals surface area contributed by atoms with Crippen LogP contribution in [0, 0.1) is 0 Å². The van der Waals surface area contributed by atoms with Gasteiger partial charge in [0.05, 0.1) is 19.8 Å². The summed E-state index contributed by atoms with van der Waals surface area (Å²) in [5.41, 5.74) is 0. The Balaban J connectivity index is 0.000000434. The lowest BCUT2D eigenvalue weighted by Crippen LogP contribution is -2.64. The quantitative estimate of drug-likeness (QED) is 0.124. The first kappa shape index (κ1) is 32.1. The maximum absolute atomic E-state index is 9.94. The van der Waals surface area contributed by atoms with Crippen molar-refractivity contribution in [3.63, 3.8) is 0 Å². The lowest BCUT2D eigenvalue weighted by Gasteiger charge is -2.45. The minimum atomic E-state index is -1.79. The molecule has 0 aliphatic carbocycles. The zero-order chi connectivity index (χ0) is 27.0. The van der Waals surface area contributed by atoms with Gasteiger partial charge in [-0.2, -0.15) is 0 Å². The summed E-state index contributed by atoms with van der Waals surface area (Å²) in [5, 5.41) is 120. The first-order valence-electron chi connectivity index (χ1n) is 10.4. The molecule has 0 radical (unpaired) electrons. The molecule has 17 heteroatoms. The zero-order valence-corrected chi connectivity index (χ0v) is 18.2. The van der Waals surface area contributed by atoms with Crippen molar-refractivity contribution < 1.29 is 85.4 Å². The highest BCUT2D eigenvalue weighted by Crippen LogP contribution is 2.28. The van der Waals surface area contributed by atoms with E-state index in [0.717, 1.165) is 0 Å². The van der Waals surface area contributed by atoms with Gasteiger partial charge in [-0.05, 0) is 0 Å². The van der Waals surface area contributed by atoms with Gasteiger partial charge in [0.2, 0.25) is 0 Å². The van der Waals surface area contributed by atoms with Gasteiger partial charge in [-0.15, -0.1) is 0 Å². The van der Waals surface area contributed by atoms with Gasteiger partial charge < -0.3 is 85.4 Å². The molecule has 0 aromatic heterocycles. The molecule has 0 saturated carbocycles. The van der Waals surface area contributed by atoms with Gasteiger partial charge in [0.15, 0.2) is 18.9 Å². The molecule has 2 aliphatic heterocycles. The highest BCUT2D eigenvalue weighted by molar-refractivity contribution is 5.56. The van der Waals surface area contributed by atoms with Gasteiger partial charge in [0.1, 0.15) is 73.2 Å². The molecule has 0 aromatic rings. The molecule has 1 unspecified atom stereocenters. The van der Waals surface area contributed by atoms with E-state index in [2.05, 4.69) is 0 Å². The van der Waals surface area contributed by atoms with Gasteiger partial charge >= 0.3 is 0 Å². The van der Waals surface area contributed by atoms with E-state index in [1.165, 1.54) is 0 Å². The van der Waals surface area contributed by atoms with Crippen LogP contribution in [0.15, 0.2) is 0 Å². The Kier molecular flexibility index (Phi) is 13.5. The van der Waals surface area contributed by atoms with Crippen LogP contribution in [-0.4, -0.2) is 178 Å². The Morgan fingerprint density at radius 2 is 1.40 bits per heavy atom. The highest BCUT2D eigenvalue weighted by Gasteiger charge is 2.50. The van der Waals surface area contributed by atoms with E-state index in [9.17, 15) is 40.5 Å². The molecule has 0 spiro atoms. The summed E-state index contributed by atoms with van der Waals surface area (Å²) in [6.45, 7) is -2.11. The predicted molar refractivity (Wildman–Crippen MR) is 106 cm³/mol. The molecule has 0 bridgehead atoms. The van der Waals surface area contributed by atoms with Gasteiger partial charge in [-0.1, -0.05) is 0 Å². The van der Waals surface area contributed by atoms with Crippen LogP contribution in [0.1, 0.15) is 0 Å². The van der Waals surface area contributed by atoms with E-state index in [1.54, 1.807) is 0 Å². The molecule has 2 heterocycles. The third-order valence-corrected chi connectivity index (χ3v) is 5.40. The second-order valence-corrected chi connectivity index (χ2v) is 7.88. The van der Waals surface area contributed by atoms with Crippen molar-refractivity contribution in [3.8, 4) is 0 Å².